The summed E-state index contributed by atoms with van der Waals surface area (Å²) in [6, 6.07) is 45.3. The van der Waals surface area contributed by atoms with Crippen LogP contribution in [0.4, 0.5) is 0 Å². The van der Waals surface area contributed by atoms with Gasteiger partial charge in [-0.2, -0.15) is 0 Å². The SMILES string of the molecule is CC(C)CN(Cc1ccccc1)Cc1nc2sc3c(c2c(=O)[nH]1)CCC3.CC(C)CN(Cc1nc2sc3c(c2c(=O)[nH]1)CCC3)Cc1ccco1.CC(CCc1cnc2ccccc2c1)c1ccccc1.CCN(Cc1nc2sc3c(c2c(=O)[nH]1)CCC(C)C3)CC(O)c1ccccc1.O=c1[nH]c(CCC2CCCCC2)nc2sc3c(c12)CCC3. The molecule has 18 nitrogen and oxygen atoms in total. The molecule has 5 aliphatic carbocycles. The highest BCUT2D eigenvalue weighted by Gasteiger charge is 2.28. The van der Waals surface area contributed by atoms with Crippen molar-refractivity contribution < 1.29 is 9.52 Å². The molecule has 0 spiro atoms. The van der Waals surface area contributed by atoms with E-state index in [0.717, 1.165) is 197 Å². The van der Waals surface area contributed by atoms with Gasteiger partial charge in [0.1, 0.15) is 48.4 Å². The van der Waals surface area contributed by atoms with Gasteiger partial charge in [-0.1, -0.05) is 190 Å². The average molecular weight is 1690 g/mol. The van der Waals surface area contributed by atoms with E-state index < -0.39 is 6.10 Å². The molecule has 10 aromatic heterocycles. The number of likely N-dealkylation sites (N-methyl/N-ethyl adjacent to an activating group) is 1. The maximum Gasteiger partial charge on any atom is 0.259 e. The number of thiophene rings is 4. The number of hydrogen-bond donors (Lipinski definition) is 5. The fourth-order valence-corrected chi connectivity index (χ4v) is 23.4. The van der Waals surface area contributed by atoms with E-state index in [1.807, 2.05) is 60.8 Å². The Hall–Kier alpha value is -9.23. The minimum Gasteiger partial charge on any atom is -0.468 e. The number of furan rings is 1. The number of aryl methyl sites for hydroxylation is 9. The molecule has 5 N–H and O–H groups in total. The summed E-state index contributed by atoms with van der Waals surface area (Å²) < 4.78 is 5.49. The molecule has 1 fully saturated rings. The molecule has 22 heteroatoms. The number of pyridine rings is 1. The van der Waals surface area contributed by atoms with Crippen molar-refractivity contribution in [1.29, 1.82) is 0 Å². The number of hydrogen-bond acceptors (Lipinski definition) is 18. The number of benzene rings is 4. The molecule has 0 radical (unpaired) electrons. The number of aliphatic hydroxyl groups excluding tert-OH is 1. The number of fused-ring (bicyclic) bond motifs is 13. The largest absolute Gasteiger partial charge is 0.468 e. The van der Waals surface area contributed by atoms with Gasteiger partial charge in [-0.3, -0.25) is 38.9 Å². The van der Waals surface area contributed by atoms with Crippen molar-refractivity contribution in [3.05, 3.63) is 280 Å². The van der Waals surface area contributed by atoms with E-state index in [1.54, 1.807) is 51.6 Å². The smallest absolute Gasteiger partial charge is 0.259 e. The first-order chi connectivity index (χ1) is 58.4. The van der Waals surface area contributed by atoms with Crippen LogP contribution in [0.15, 0.2) is 170 Å². The van der Waals surface area contributed by atoms with Gasteiger partial charge in [-0.25, -0.2) is 19.9 Å². The maximum atomic E-state index is 12.8. The van der Waals surface area contributed by atoms with Crippen LogP contribution in [-0.4, -0.2) is 90.8 Å². The van der Waals surface area contributed by atoms with E-state index in [2.05, 4.69) is 167 Å². The topological polar surface area (TPSA) is 239 Å². The molecule has 4 aromatic carbocycles. The predicted molar refractivity (Wildman–Crippen MR) is 493 cm³/mol. The summed E-state index contributed by atoms with van der Waals surface area (Å²) in [4.78, 5) is 102. The standard InChI is InChI=1S/C22H27N3O2S.C21H25N3OS.C19H23N3O2S.C19H19N.C17H22N2OS/c1-3-25(12-17(26)15-7-5-4-6-8-15)13-19-23-21(27)20-16-10-9-14(2)11-18(16)28-22(20)24-19;1-14(2)11-24(12-15-7-4-3-5-8-15)13-18-22-20(25)19-16-9-6-10-17(16)26-21(19)23-18;1-12(2)9-22(10-13-5-4-8-24-13)11-16-20-18(23)17-14-6-3-7-15(14)25-19(17)21-16;1-15(17-7-3-2-4-8-17)11-12-16-13-18-9-5-6-10-19(18)20-14-16;20-16-15-12-7-4-8-13(12)21-17(15)19-14(18-16)10-9-11-5-2-1-3-6-11/h4-8,14,17,26H,3,9-13H2,1-2H3,(H,23,24,27);3-5,7-8,14H,6,9-13H2,1-2H3,(H,22,23,25);4-5,8,12H,3,6-7,9-11H2,1-2H3,(H,20,21,23);2-10,13-15H,11-12H2,1H3;11H,1-10H2,(H,18,19,20). The van der Waals surface area contributed by atoms with Crippen LogP contribution in [0.1, 0.15) is 224 Å². The van der Waals surface area contributed by atoms with Gasteiger partial charge in [-0.05, 0) is 201 Å². The zero-order valence-corrected chi connectivity index (χ0v) is 74.0. The Balaban J connectivity index is 0.000000117. The van der Waals surface area contributed by atoms with Gasteiger partial charge in [0.25, 0.3) is 22.2 Å². The number of nitrogens with zero attached hydrogens (tertiary/aromatic N) is 8. The summed E-state index contributed by atoms with van der Waals surface area (Å²) in [5, 5.41) is 15.1. The lowest BCUT2D eigenvalue weighted by Crippen LogP contribution is -2.30. The number of H-pyrrole nitrogens is 4. The zero-order valence-electron chi connectivity index (χ0n) is 70.7. The quantitative estimate of drug-likeness (QED) is 0.0358. The molecule has 120 heavy (non-hydrogen) atoms. The monoisotopic (exact) mass is 1680 g/mol. The van der Waals surface area contributed by atoms with Crippen molar-refractivity contribution in [2.75, 3.05) is 26.2 Å². The third-order valence-electron chi connectivity index (χ3n) is 24.1. The van der Waals surface area contributed by atoms with Gasteiger partial charge in [0.2, 0.25) is 0 Å². The fourth-order valence-electron chi connectivity index (χ4n) is 18.1. The van der Waals surface area contributed by atoms with Crippen molar-refractivity contribution in [3.8, 4) is 0 Å². The molecule has 3 unspecified atom stereocenters. The van der Waals surface area contributed by atoms with Crippen LogP contribution < -0.4 is 22.2 Å². The van der Waals surface area contributed by atoms with Gasteiger partial charge >= 0.3 is 0 Å². The number of rotatable bonds is 25. The predicted octanol–water partition coefficient (Wildman–Crippen LogP) is 20.5. The fraction of sp³-hybridized carbons (Fsp3) is 0.439. The Labute approximate surface area is 719 Å². The first-order valence-corrected chi connectivity index (χ1v) is 47.1. The van der Waals surface area contributed by atoms with Crippen LogP contribution in [0, 0.1) is 23.7 Å². The third-order valence-corrected chi connectivity index (χ3v) is 28.8. The third kappa shape index (κ3) is 21.8. The normalized spacial score (nSPS) is 15.5. The molecular formula is C98H116N12O6S4. The van der Waals surface area contributed by atoms with Crippen LogP contribution in [-0.2, 0) is 96.9 Å². The molecule has 10 heterocycles. The average Bonchev–Trinajstić information content (AvgIpc) is 1.63. The molecule has 19 rings (SSSR count). The van der Waals surface area contributed by atoms with Crippen molar-refractivity contribution >= 4 is 97.1 Å². The molecule has 0 bridgehead atoms. The molecule has 14 aromatic rings. The summed E-state index contributed by atoms with van der Waals surface area (Å²) in [6.07, 6.45) is 27.5. The Morgan fingerprint density at radius 3 is 1.47 bits per heavy atom. The summed E-state index contributed by atoms with van der Waals surface area (Å²) in [7, 11) is 0. The summed E-state index contributed by atoms with van der Waals surface area (Å²) in [5.41, 5.74) is 11.1. The molecule has 5 aliphatic rings. The van der Waals surface area contributed by atoms with E-state index in [4.69, 9.17) is 24.4 Å². The Morgan fingerprint density at radius 1 is 0.467 bits per heavy atom. The van der Waals surface area contributed by atoms with E-state index in [9.17, 15) is 24.3 Å². The van der Waals surface area contributed by atoms with Crippen LogP contribution in [0.2, 0.25) is 0 Å². The van der Waals surface area contributed by atoms with Crippen molar-refractivity contribution in [2.45, 2.75) is 228 Å². The number of aromatic amines is 4. The van der Waals surface area contributed by atoms with Crippen molar-refractivity contribution in [3.63, 3.8) is 0 Å². The zero-order chi connectivity index (χ0) is 83.2. The van der Waals surface area contributed by atoms with Crippen LogP contribution >= 0.6 is 45.3 Å². The molecule has 0 aliphatic heterocycles. The highest BCUT2D eigenvalue weighted by atomic mass is 32.1. The molecule has 0 amide bonds. The second kappa shape index (κ2) is 40.6. The second-order valence-corrected chi connectivity index (χ2v) is 38.9. The molecule has 1 saturated carbocycles. The summed E-state index contributed by atoms with van der Waals surface area (Å²) in [5.74, 6) is 7.20. The number of nitrogens with one attached hydrogen (secondary N) is 4. The Bertz CT molecular complexity index is 5980. The molecule has 3 atom stereocenters. The lowest BCUT2D eigenvalue weighted by atomic mass is 9.86. The summed E-state index contributed by atoms with van der Waals surface area (Å²) in [6.45, 7) is 22.0. The number of aliphatic hydroxyl groups is 1. The van der Waals surface area contributed by atoms with E-state index in [1.165, 1.54) is 109 Å². The van der Waals surface area contributed by atoms with Gasteiger partial charge in [0.05, 0.1) is 65.6 Å². The Kier molecular flexibility index (Phi) is 29.0. The first-order valence-electron chi connectivity index (χ1n) is 43.9. The van der Waals surface area contributed by atoms with Crippen LogP contribution in [0.3, 0.4) is 0 Å². The van der Waals surface area contributed by atoms with E-state index >= 15 is 0 Å². The van der Waals surface area contributed by atoms with Gasteiger partial charge in [0.15, 0.2) is 0 Å². The first kappa shape index (κ1) is 85.7. The van der Waals surface area contributed by atoms with Gasteiger partial charge in [0, 0.05) is 63.7 Å². The van der Waals surface area contributed by atoms with Crippen LogP contribution in [0.5, 0.6) is 0 Å². The van der Waals surface area contributed by atoms with Crippen molar-refractivity contribution in [2.24, 2.45) is 23.7 Å². The molecule has 628 valence electrons. The number of aromatic nitrogens is 9. The van der Waals surface area contributed by atoms with Crippen molar-refractivity contribution in [1.82, 2.24) is 59.6 Å². The van der Waals surface area contributed by atoms with Gasteiger partial charge < -0.3 is 29.5 Å². The van der Waals surface area contributed by atoms with Crippen LogP contribution in [0.25, 0.3) is 51.8 Å². The van der Waals surface area contributed by atoms with E-state index in [0.29, 0.717) is 62.2 Å². The van der Waals surface area contributed by atoms with E-state index in [-0.39, 0.29) is 22.2 Å². The van der Waals surface area contributed by atoms with Gasteiger partial charge in [-0.15, -0.1) is 45.3 Å². The minimum absolute atomic E-state index is 0.0156. The number of para-hydroxylation sites is 1. The maximum absolute atomic E-state index is 12.8. The minimum atomic E-state index is -0.563. The Morgan fingerprint density at radius 2 is 0.942 bits per heavy atom. The summed E-state index contributed by atoms with van der Waals surface area (Å²) >= 11 is 6.83. The lowest BCUT2D eigenvalue weighted by molar-refractivity contribution is 0.111. The molecular weight excluding hydrogens is 1570 g/mol. The molecule has 0 saturated heterocycles. The second-order valence-electron chi connectivity index (χ2n) is 34.6. The highest BCUT2D eigenvalue weighted by Crippen LogP contribution is 2.40. The lowest BCUT2D eigenvalue weighted by Gasteiger charge is -2.23. The highest BCUT2D eigenvalue weighted by molar-refractivity contribution is 7.20.